The van der Waals surface area contributed by atoms with Crippen LogP contribution in [0.25, 0.3) is 0 Å². The Balaban J connectivity index is 2.69. The Morgan fingerprint density at radius 1 is 1.73 bits per heavy atom. The largest absolute Gasteiger partial charge is 0.473 e. The van der Waals surface area contributed by atoms with Crippen LogP contribution in [0.15, 0.2) is 31.0 Å². The molecule has 0 atom stereocenters. The Bertz CT molecular complexity index is 245. The molecule has 0 aromatic carbocycles. The molecule has 0 aliphatic carbocycles. The van der Waals surface area contributed by atoms with Crippen LogP contribution < -0.4 is 4.74 Å². The van der Waals surface area contributed by atoms with Crippen molar-refractivity contribution in [2.45, 2.75) is 6.92 Å². The fourth-order valence-corrected chi connectivity index (χ4v) is 0.760. The smallest absolute Gasteiger partial charge is 0.216 e. The van der Waals surface area contributed by atoms with E-state index in [2.05, 4.69) is 11.6 Å². The molecule has 11 heavy (non-hydrogen) atoms. The van der Waals surface area contributed by atoms with Crippen molar-refractivity contribution in [1.29, 1.82) is 0 Å². The minimum Gasteiger partial charge on any atom is -0.473 e. The van der Waals surface area contributed by atoms with Gasteiger partial charge >= 0.3 is 0 Å². The first-order chi connectivity index (χ1) is 5.34. The second kappa shape index (κ2) is 3.76. The highest BCUT2D eigenvalue weighted by molar-refractivity contribution is 5.23. The summed E-state index contributed by atoms with van der Waals surface area (Å²) in [7, 11) is 0. The van der Waals surface area contributed by atoms with Crippen LogP contribution in [0.1, 0.15) is 5.56 Å². The first-order valence-electron chi connectivity index (χ1n) is 3.50. The highest BCUT2D eigenvalue weighted by Gasteiger charge is 1.95. The van der Waals surface area contributed by atoms with Gasteiger partial charge < -0.3 is 4.74 Å². The maximum atomic E-state index is 5.26. The maximum Gasteiger partial charge on any atom is 0.216 e. The van der Waals surface area contributed by atoms with Crippen LogP contribution >= 0.6 is 0 Å². The Morgan fingerprint density at radius 2 is 2.55 bits per heavy atom. The van der Waals surface area contributed by atoms with Crippen molar-refractivity contribution in [2.24, 2.45) is 0 Å². The third kappa shape index (κ3) is 2.08. The zero-order valence-electron chi connectivity index (χ0n) is 6.58. The van der Waals surface area contributed by atoms with Crippen LogP contribution in [0.3, 0.4) is 0 Å². The minimum atomic E-state index is 0.512. The van der Waals surface area contributed by atoms with E-state index >= 15 is 0 Å². The zero-order chi connectivity index (χ0) is 8.10. The number of aromatic nitrogens is 1. The number of hydrogen-bond donors (Lipinski definition) is 0. The van der Waals surface area contributed by atoms with Gasteiger partial charge in [-0.1, -0.05) is 18.7 Å². The molecule has 0 saturated heterocycles. The molecule has 2 heteroatoms. The van der Waals surface area contributed by atoms with Gasteiger partial charge in [-0.3, -0.25) is 0 Å². The molecule has 1 heterocycles. The predicted molar refractivity (Wildman–Crippen MR) is 44.7 cm³/mol. The molecule has 1 aromatic rings. The Labute approximate surface area is 66.5 Å². The molecule has 0 unspecified atom stereocenters. The van der Waals surface area contributed by atoms with Gasteiger partial charge in [0.2, 0.25) is 5.88 Å². The summed E-state index contributed by atoms with van der Waals surface area (Å²) >= 11 is 0. The van der Waals surface area contributed by atoms with Gasteiger partial charge in [0.1, 0.15) is 6.61 Å². The van der Waals surface area contributed by atoms with Gasteiger partial charge in [0.05, 0.1) is 0 Å². The molecule has 0 spiro atoms. The lowest BCUT2D eigenvalue weighted by atomic mass is 10.3. The summed E-state index contributed by atoms with van der Waals surface area (Å²) in [4.78, 5) is 4.05. The molecule has 2 nitrogen and oxygen atoms in total. The molecule has 0 aliphatic heterocycles. The van der Waals surface area contributed by atoms with Crippen molar-refractivity contribution in [2.75, 3.05) is 6.61 Å². The monoisotopic (exact) mass is 149 g/mol. The third-order valence-electron chi connectivity index (χ3n) is 1.30. The van der Waals surface area contributed by atoms with Crippen LogP contribution in [0, 0.1) is 6.92 Å². The van der Waals surface area contributed by atoms with Crippen molar-refractivity contribution in [3.05, 3.63) is 36.5 Å². The lowest BCUT2D eigenvalue weighted by molar-refractivity contribution is 0.346. The summed E-state index contributed by atoms with van der Waals surface area (Å²) in [6, 6.07) is 3.85. The number of hydrogen-bond acceptors (Lipinski definition) is 2. The molecule has 1 rings (SSSR count). The van der Waals surface area contributed by atoms with Gasteiger partial charge in [0.15, 0.2) is 0 Å². The Kier molecular flexibility index (Phi) is 2.66. The van der Waals surface area contributed by atoms with E-state index in [4.69, 9.17) is 4.74 Å². The van der Waals surface area contributed by atoms with Gasteiger partial charge in [-0.15, -0.1) is 0 Å². The van der Waals surface area contributed by atoms with Crippen molar-refractivity contribution in [1.82, 2.24) is 4.98 Å². The van der Waals surface area contributed by atoms with E-state index in [0.717, 1.165) is 5.56 Å². The minimum absolute atomic E-state index is 0.512. The van der Waals surface area contributed by atoms with Crippen LogP contribution in [0.2, 0.25) is 0 Å². The lowest BCUT2D eigenvalue weighted by Gasteiger charge is -2.03. The highest BCUT2D eigenvalue weighted by atomic mass is 16.5. The number of pyridine rings is 1. The van der Waals surface area contributed by atoms with E-state index in [1.165, 1.54) is 0 Å². The summed E-state index contributed by atoms with van der Waals surface area (Å²) in [6.45, 7) is 6.03. The molecule has 0 bridgehead atoms. The van der Waals surface area contributed by atoms with Crippen molar-refractivity contribution < 1.29 is 4.74 Å². The average Bonchev–Trinajstić information content (AvgIpc) is 2.03. The summed E-state index contributed by atoms with van der Waals surface area (Å²) in [5.74, 6) is 0.687. The van der Waals surface area contributed by atoms with Gasteiger partial charge in [0, 0.05) is 11.8 Å². The molecule has 58 valence electrons. The Hall–Kier alpha value is -1.31. The standard InChI is InChI=1S/C9H11NO/c1-3-7-11-9-8(2)5-4-6-10-9/h3-6H,1,7H2,2H3. The maximum absolute atomic E-state index is 5.26. The van der Waals surface area contributed by atoms with E-state index in [1.807, 2.05) is 19.1 Å². The summed E-state index contributed by atoms with van der Waals surface area (Å²) in [6.07, 6.45) is 3.42. The van der Waals surface area contributed by atoms with E-state index in [1.54, 1.807) is 12.3 Å². The molecule has 0 amide bonds. The second-order valence-electron chi connectivity index (χ2n) is 2.23. The van der Waals surface area contributed by atoms with Crippen LogP contribution in [0.4, 0.5) is 0 Å². The first-order valence-corrected chi connectivity index (χ1v) is 3.50. The van der Waals surface area contributed by atoms with Gasteiger partial charge in [-0.25, -0.2) is 4.98 Å². The van der Waals surface area contributed by atoms with Gasteiger partial charge in [-0.05, 0) is 13.0 Å². The number of aryl methyl sites for hydroxylation is 1. The Morgan fingerprint density at radius 3 is 3.18 bits per heavy atom. The molecular weight excluding hydrogens is 138 g/mol. The number of rotatable bonds is 3. The van der Waals surface area contributed by atoms with Gasteiger partial charge in [0.25, 0.3) is 0 Å². The van der Waals surface area contributed by atoms with E-state index in [9.17, 15) is 0 Å². The number of nitrogens with zero attached hydrogens (tertiary/aromatic N) is 1. The zero-order valence-corrected chi connectivity index (χ0v) is 6.58. The molecule has 0 aliphatic rings. The molecule has 1 aromatic heterocycles. The quantitative estimate of drug-likeness (QED) is 0.613. The summed E-state index contributed by atoms with van der Waals surface area (Å²) in [5.41, 5.74) is 1.05. The molecule has 0 radical (unpaired) electrons. The fourth-order valence-electron chi connectivity index (χ4n) is 0.760. The second-order valence-corrected chi connectivity index (χ2v) is 2.23. The summed E-state index contributed by atoms with van der Waals surface area (Å²) in [5, 5.41) is 0. The summed E-state index contributed by atoms with van der Waals surface area (Å²) < 4.78 is 5.26. The molecule has 0 fully saturated rings. The molecule has 0 N–H and O–H groups in total. The number of ether oxygens (including phenoxy) is 1. The van der Waals surface area contributed by atoms with E-state index in [0.29, 0.717) is 12.5 Å². The van der Waals surface area contributed by atoms with Crippen LogP contribution in [-0.4, -0.2) is 11.6 Å². The highest BCUT2D eigenvalue weighted by Crippen LogP contribution is 2.11. The van der Waals surface area contributed by atoms with Gasteiger partial charge in [-0.2, -0.15) is 0 Å². The topological polar surface area (TPSA) is 22.1 Å². The van der Waals surface area contributed by atoms with Crippen LogP contribution in [-0.2, 0) is 0 Å². The van der Waals surface area contributed by atoms with Crippen molar-refractivity contribution in [3.8, 4) is 5.88 Å². The van der Waals surface area contributed by atoms with Crippen molar-refractivity contribution in [3.63, 3.8) is 0 Å². The third-order valence-corrected chi connectivity index (χ3v) is 1.30. The fraction of sp³-hybridized carbons (Fsp3) is 0.222. The SMILES string of the molecule is C=CCOc1ncccc1C. The van der Waals surface area contributed by atoms with E-state index in [-0.39, 0.29) is 0 Å². The average molecular weight is 149 g/mol. The van der Waals surface area contributed by atoms with Crippen molar-refractivity contribution >= 4 is 0 Å². The normalized spacial score (nSPS) is 9.18. The molecule has 0 saturated carbocycles. The predicted octanol–water partition coefficient (Wildman–Crippen LogP) is 1.95. The van der Waals surface area contributed by atoms with Crippen LogP contribution in [0.5, 0.6) is 5.88 Å². The lowest BCUT2D eigenvalue weighted by Crippen LogP contribution is -1.96. The molecular formula is C9H11NO. The van der Waals surface area contributed by atoms with E-state index < -0.39 is 0 Å². The first kappa shape index (κ1) is 7.79.